The van der Waals surface area contributed by atoms with Gasteiger partial charge in [0.05, 0.1) is 22.6 Å². The van der Waals surface area contributed by atoms with Gasteiger partial charge in [0.25, 0.3) is 5.56 Å². The minimum atomic E-state index is -1.21. The van der Waals surface area contributed by atoms with E-state index >= 15 is 0 Å². The van der Waals surface area contributed by atoms with Gasteiger partial charge in [-0.25, -0.2) is 24.7 Å². The Labute approximate surface area is 227 Å². The van der Waals surface area contributed by atoms with Crippen LogP contribution < -0.4 is 10.9 Å². The second-order valence-corrected chi connectivity index (χ2v) is 11.4. The molecule has 3 aliphatic rings. The molecule has 3 heterocycles. The molecule has 38 heavy (non-hydrogen) atoms. The monoisotopic (exact) mass is 550 g/mol. The number of rotatable bonds is 6. The second-order valence-electron chi connectivity index (χ2n) is 10.6. The van der Waals surface area contributed by atoms with Crippen molar-refractivity contribution >= 4 is 45.8 Å². The second kappa shape index (κ2) is 8.47. The molecule has 9 nitrogen and oxygen atoms in total. The number of aromatic carboxylic acids is 1. The molecule has 0 amide bonds. The molecule has 3 saturated carbocycles. The molecule has 4 aromatic rings. The van der Waals surface area contributed by atoms with Crippen molar-refractivity contribution in [2.45, 2.75) is 50.0 Å². The number of benzene rings is 1. The Morgan fingerprint density at radius 2 is 1.79 bits per heavy atom. The van der Waals surface area contributed by atoms with Crippen LogP contribution in [0.5, 0.6) is 0 Å². The Morgan fingerprint density at radius 1 is 1.11 bits per heavy atom. The van der Waals surface area contributed by atoms with Crippen LogP contribution in [-0.4, -0.2) is 35.6 Å². The van der Waals surface area contributed by atoms with E-state index in [9.17, 15) is 14.7 Å². The number of anilines is 1. The highest BCUT2D eigenvalue weighted by atomic mass is 35.5. The molecule has 0 radical (unpaired) electrons. The van der Waals surface area contributed by atoms with Gasteiger partial charge in [-0.05, 0) is 62.9 Å². The number of nitrogens with one attached hydrogen (secondary N) is 1. The van der Waals surface area contributed by atoms with Crippen molar-refractivity contribution in [1.82, 2.24) is 24.5 Å². The topological polar surface area (TPSA) is 123 Å². The zero-order valence-electron chi connectivity index (χ0n) is 20.9. The zero-order chi connectivity index (χ0) is 27.0. The summed E-state index contributed by atoms with van der Waals surface area (Å²) in [5, 5.41) is 13.7. The van der Waals surface area contributed by atoms with Crippen LogP contribution in [0.3, 0.4) is 0 Å². The van der Waals surface area contributed by atoms with E-state index in [0.717, 1.165) is 36.5 Å². The number of halogens is 2. The first-order valence-corrected chi connectivity index (χ1v) is 12.9. The maximum Gasteiger partial charge on any atom is 0.356 e. The minimum absolute atomic E-state index is 0.0626. The Hall–Kier alpha value is -3.56. The molecule has 3 aliphatic carbocycles. The molecular formula is C27H24Cl2N6O3. The number of hydrogen-bond acceptors (Lipinski definition) is 7. The summed E-state index contributed by atoms with van der Waals surface area (Å²) < 4.78 is 1.63. The van der Waals surface area contributed by atoms with E-state index in [1.807, 2.05) is 26.2 Å². The Kier molecular flexibility index (Phi) is 5.52. The van der Waals surface area contributed by atoms with Crippen molar-refractivity contribution in [3.63, 3.8) is 0 Å². The first kappa shape index (κ1) is 24.8. The third-order valence-electron chi connectivity index (χ3n) is 7.84. The van der Waals surface area contributed by atoms with Crippen molar-refractivity contribution in [3.05, 3.63) is 85.7 Å². The maximum absolute atomic E-state index is 13.5. The van der Waals surface area contributed by atoms with E-state index in [4.69, 9.17) is 28.2 Å². The quantitative estimate of drug-likeness (QED) is 0.322. The van der Waals surface area contributed by atoms with Crippen molar-refractivity contribution in [3.8, 4) is 0 Å². The fourth-order valence-electron chi connectivity index (χ4n) is 6.12. The first-order chi connectivity index (χ1) is 18.0. The number of aryl methyl sites for hydroxylation is 1. The van der Waals surface area contributed by atoms with Gasteiger partial charge in [0, 0.05) is 40.9 Å². The van der Waals surface area contributed by atoms with Gasteiger partial charge in [-0.15, -0.1) is 0 Å². The lowest BCUT2D eigenvalue weighted by atomic mass is 9.34. The molecule has 1 atom stereocenters. The molecule has 1 aromatic carbocycles. The van der Waals surface area contributed by atoms with Gasteiger partial charge in [-0.3, -0.25) is 9.36 Å². The largest absolute Gasteiger partial charge is 0.476 e. The van der Waals surface area contributed by atoms with Crippen molar-refractivity contribution < 1.29 is 9.90 Å². The standard InChI is InChI=1S/C27H24Cl2N6O3/c1-13-8-30-24(31-9-13)26-10-27(11-26,12-26)25-34-20-16(6-15(28)7-17(20)22(36)35(25)3)14(2)32-18-4-5-19(29)33-21(18)23(37)38/h4-9,14,32H,10-12H2,1-3H3,(H,37,38)/t14-,26?,27?/m1/s1. The number of hydrogen-bond donors (Lipinski definition) is 2. The molecule has 0 aliphatic heterocycles. The smallest absolute Gasteiger partial charge is 0.356 e. The number of fused-ring (bicyclic) bond motifs is 1. The van der Waals surface area contributed by atoms with Crippen molar-refractivity contribution in [2.24, 2.45) is 7.05 Å². The minimum Gasteiger partial charge on any atom is -0.476 e. The predicted molar refractivity (Wildman–Crippen MR) is 144 cm³/mol. The summed E-state index contributed by atoms with van der Waals surface area (Å²) in [5.41, 5.74) is 1.90. The van der Waals surface area contributed by atoms with Crippen molar-refractivity contribution in [1.29, 1.82) is 0 Å². The molecule has 3 aromatic heterocycles. The molecule has 2 bridgehead atoms. The zero-order valence-corrected chi connectivity index (χ0v) is 22.4. The van der Waals surface area contributed by atoms with Crippen LogP contribution in [0.1, 0.15) is 65.5 Å². The number of aromatic nitrogens is 5. The summed E-state index contributed by atoms with van der Waals surface area (Å²) in [6.07, 6.45) is 6.20. The van der Waals surface area contributed by atoms with Crippen LogP contribution in [0.15, 0.2) is 41.5 Å². The van der Waals surface area contributed by atoms with Crippen LogP contribution in [0.25, 0.3) is 10.9 Å². The van der Waals surface area contributed by atoms with Gasteiger partial charge in [0.15, 0.2) is 5.69 Å². The van der Waals surface area contributed by atoms with E-state index in [1.165, 1.54) is 6.07 Å². The molecule has 0 unspecified atom stereocenters. The third kappa shape index (κ3) is 3.67. The van der Waals surface area contributed by atoms with Crippen LogP contribution in [0, 0.1) is 6.92 Å². The highest BCUT2D eigenvalue weighted by Gasteiger charge is 2.72. The molecule has 0 saturated heterocycles. The fraction of sp³-hybridized carbons (Fsp3) is 0.333. The summed E-state index contributed by atoms with van der Waals surface area (Å²) in [6, 6.07) is 6.02. The first-order valence-electron chi connectivity index (χ1n) is 12.2. The van der Waals surface area contributed by atoms with Crippen molar-refractivity contribution in [2.75, 3.05) is 5.32 Å². The molecule has 11 heteroatoms. The van der Waals surface area contributed by atoms with E-state index in [1.54, 1.807) is 29.8 Å². The number of carboxylic acids is 1. The lowest BCUT2D eigenvalue weighted by molar-refractivity contribution is -0.0837. The number of pyridine rings is 1. The maximum atomic E-state index is 13.5. The number of carbonyl (C=O) groups is 1. The van der Waals surface area contributed by atoms with E-state index in [2.05, 4.69) is 20.3 Å². The highest BCUT2D eigenvalue weighted by Crippen LogP contribution is 2.72. The summed E-state index contributed by atoms with van der Waals surface area (Å²) in [6.45, 7) is 3.82. The summed E-state index contributed by atoms with van der Waals surface area (Å²) >= 11 is 12.3. The Balaban J connectivity index is 1.39. The Bertz CT molecular complexity index is 1680. The lowest BCUT2D eigenvalue weighted by Crippen LogP contribution is -2.69. The van der Waals surface area contributed by atoms with Crippen LogP contribution in [0.4, 0.5) is 5.69 Å². The Morgan fingerprint density at radius 3 is 2.45 bits per heavy atom. The summed E-state index contributed by atoms with van der Waals surface area (Å²) in [5.74, 6) is 0.383. The highest BCUT2D eigenvalue weighted by molar-refractivity contribution is 6.31. The van der Waals surface area contributed by atoms with E-state index < -0.39 is 12.0 Å². The predicted octanol–water partition coefficient (Wildman–Crippen LogP) is 4.98. The lowest BCUT2D eigenvalue weighted by Gasteiger charge is -2.69. The number of carboxylic acid groups (broad SMARTS) is 1. The summed E-state index contributed by atoms with van der Waals surface area (Å²) in [4.78, 5) is 43.4. The van der Waals surface area contributed by atoms with Crippen LogP contribution in [0.2, 0.25) is 10.2 Å². The summed E-state index contributed by atoms with van der Waals surface area (Å²) in [7, 11) is 1.75. The van der Waals surface area contributed by atoms with E-state index in [0.29, 0.717) is 27.2 Å². The number of nitrogens with zero attached hydrogens (tertiary/aromatic N) is 5. The normalized spacial score (nSPS) is 22.4. The van der Waals surface area contributed by atoms with Gasteiger partial charge in [-0.1, -0.05) is 23.2 Å². The van der Waals surface area contributed by atoms with Crippen LogP contribution >= 0.6 is 23.2 Å². The fourth-order valence-corrected chi connectivity index (χ4v) is 6.50. The average Bonchev–Trinajstić information content (AvgIpc) is 2.82. The molecule has 7 rings (SSSR count). The van der Waals surface area contributed by atoms with E-state index in [-0.39, 0.29) is 27.2 Å². The van der Waals surface area contributed by atoms with Crippen LogP contribution in [-0.2, 0) is 17.9 Å². The third-order valence-corrected chi connectivity index (χ3v) is 8.27. The molecule has 194 valence electrons. The van der Waals surface area contributed by atoms with Gasteiger partial charge < -0.3 is 10.4 Å². The van der Waals surface area contributed by atoms with Gasteiger partial charge in [-0.2, -0.15) is 0 Å². The SMILES string of the molecule is Cc1cnc(C23CC(c4nc5c([C@@H](C)Nc6ccc(Cl)nc6C(=O)O)cc(Cl)cc5c(=O)n4C)(C2)C3)nc1. The van der Waals surface area contributed by atoms with Gasteiger partial charge >= 0.3 is 5.97 Å². The van der Waals surface area contributed by atoms with Gasteiger partial charge in [0.1, 0.15) is 16.8 Å². The molecule has 3 fully saturated rings. The molecule has 0 spiro atoms. The molecule has 2 N–H and O–H groups in total. The molecular weight excluding hydrogens is 527 g/mol. The average molecular weight is 551 g/mol. The van der Waals surface area contributed by atoms with Gasteiger partial charge in [0.2, 0.25) is 0 Å².